The third-order valence-electron chi connectivity index (χ3n) is 6.62. The van der Waals surface area contributed by atoms with E-state index in [-0.39, 0.29) is 12.1 Å². The summed E-state index contributed by atoms with van der Waals surface area (Å²) in [7, 11) is 1.69. The fraction of sp³-hybridized carbons (Fsp3) is 0.250. The van der Waals surface area contributed by atoms with Crippen LogP contribution in [0.15, 0.2) is 60.7 Å². The van der Waals surface area contributed by atoms with Gasteiger partial charge in [0.2, 0.25) is 0 Å². The Morgan fingerprint density at radius 1 is 1.00 bits per heavy atom. The summed E-state index contributed by atoms with van der Waals surface area (Å²) >= 11 is 0. The number of carbonyl (C=O) groups excluding carboxylic acids is 1. The van der Waals surface area contributed by atoms with Gasteiger partial charge in [-0.1, -0.05) is 42.0 Å². The van der Waals surface area contributed by atoms with E-state index in [1.807, 2.05) is 36.9 Å². The molecule has 2 N–H and O–H groups in total. The van der Waals surface area contributed by atoms with Crippen molar-refractivity contribution in [2.75, 3.05) is 19.0 Å². The summed E-state index contributed by atoms with van der Waals surface area (Å²) in [6.45, 7) is 6.77. The van der Waals surface area contributed by atoms with E-state index in [4.69, 9.17) is 4.74 Å². The standard InChI is InChI=1S/C28H29N3O2/c1-17-6-9-20(10-7-17)27-26-22(23-16-21(33-4)11-12-24(23)29-26)13-14-31(27)28(32)30-25-15-18(2)5-8-19(25)3/h5-12,15-16,27,29H,13-14H2,1-4H3,(H,30,32). The van der Waals surface area contributed by atoms with Crippen LogP contribution in [0.25, 0.3) is 10.9 Å². The van der Waals surface area contributed by atoms with Gasteiger partial charge in [-0.15, -0.1) is 0 Å². The zero-order chi connectivity index (χ0) is 23.1. The number of carbonyl (C=O) groups is 1. The summed E-state index contributed by atoms with van der Waals surface area (Å²) < 4.78 is 5.47. The fourth-order valence-electron chi connectivity index (χ4n) is 4.77. The minimum atomic E-state index is -0.196. The molecule has 0 aliphatic carbocycles. The van der Waals surface area contributed by atoms with Gasteiger partial charge in [-0.05, 0) is 73.7 Å². The van der Waals surface area contributed by atoms with Gasteiger partial charge in [0.15, 0.2) is 0 Å². The molecule has 1 aromatic heterocycles. The zero-order valence-corrected chi connectivity index (χ0v) is 19.5. The number of aromatic nitrogens is 1. The molecule has 5 heteroatoms. The van der Waals surface area contributed by atoms with Gasteiger partial charge < -0.3 is 19.9 Å². The van der Waals surface area contributed by atoms with Crippen molar-refractivity contribution in [3.05, 3.63) is 94.2 Å². The Morgan fingerprint density at radius 3 is 2.52 bits per heavy atom. The molecule has 168 valence electrons. The van der Waals surface area contributed by atoms with Crippen LogP contribution in [0.1, 0.15) is 39.6 Å². The summed E-state index contributed by atoms with van der Waals surface area (Å²) in [5.41, 5.74) is 8.71. The highest BCUT2D eigenvalue weighted by molar-refractivity contribution is 5.92. The molecule has 0 bridgehead atoms. The Hall–Kier alpha value is -3.73. The first kappa shape index (κ1) is 21.1. The lowest BCUT2D eigenvalue weighted by atomic mass is 9.92. The highest BCUT2D eigenvalue weighted by Crippen LogP contribution is 2.39. The summed E-state index contributed by atoms with van der Waals surface area (Å²) in [5, 5.41) is 4.33. The monoisotopic (exact) mass is 439 g/mol. The molecule has 0 spiro atoms. The number of hydrogen-bond donors (Lipinski definition) is 2. The number of nitrogens with zero attached hydrogens (tertiary/aromatic N) is 1. The second-order valence-corrected chi connectivity index (χ2v) is 8.93. The highest BCUT2D eigenvalue weighted by Gasteiger charge is 2.34. The molecule has 33 heavy (non-hydrogen) atoms. The van der Waals surface area contributed by atoms with E-state index in [0.717, 1.165) is 51.1 Å². The number of rotatable bonds is 3. The maximum absolute atomic E-state index is 13.6. The molecule has 2 heterocycles. The number of hydrogen-bond acceptors (Lipinski definition) is 2. The lowest BCUT2D eigenvalue weighted by molar-refractivity contribution is 0.193. The lowest BCUT2D eigenvalue weighted by Crippen LogP contribution is -2.43. The van der Waals surface area contributed by atoms with E-state index in [1.165, 1.54) is 11.1 Å². The third kappa shape index (κ3) is 3.84. The maximum atomic E-state index is 13.6. The SMILES string of the molecule is COc1ccc2[nH]c3c(c2c1)CCN(C(=O)Nc1cc(C)ccc1C)C3c1ccc(C)cc1. The predicted octanol–water partition coefficient (Wildman–Crippen LogP) is 6.28. The van der Waals surface area contributed by atoms with Crippen molar-refractivity contribution in [2.24, 2.45) is 0 Å². The van der Waals surface area contributed by atoms with Crippen LogP contribution in [-0.2, 0) is 6.42 Å². The average Bonchev–Trinajstić information content (AvgIpc) is 3.19. The van der Waals surface area contributed by atoms with Gasteiger partial charge in [-0.3, -0.25) is 0 Å². The third-order valence-corrected chi connectivity index (χ3v) is 6.62. The summed E-state index contributed by atoms with van der Waals surface area (Å²) in [6.07, 6.45) is 0.783. The largest absolute Gasteiger partial charge is 0.497 e. The van der Waals surface area contributed by atoms with Crippen molar-refractivity contribution in [3.63, 3.8) is 0 Å². The molecule has 1 atom stereocenters. The molecule has 0 saturated carbocycles. The molecule has 1 unspecified atom stereocenters. The maximum Gasteiger partial charge on any atom is 0.322 e. The van der Waals surface area contributed by atoms with Gasteiger partial charge in [0.1, 0.15) is 5.75 Å². The number of amides is 2. The molecule has 1 aliphatic heterocycles. The van der Waals surface area contributed by atoms with Crippen LogP contribution in [0.2, 0.25) is 0 Å². The van der Waals surface area contributed by atoms with Crippen molar-refractivity contribution in [1.29, 1.82) is 0 Å². The second kappa shape index (κ2) is 8.32. The van der Waals surface area contributed by atoms with Crippen LogP contribution in [0, 0.1) is 20.8 Å². The number of benzene rings is 3. The first-order valence-electron chi connectivity index (χ1n) is 11.3. The van der Waals surface area contributed by atoms with Gasteiger partial charge in [0.05, 0.1) is 13.2 Å². The van der Waals surface area contributed by atoms with Crippen molar-refractivity contribution in [1.82, 2.24) is 9.88 Å². The Kier molecular flexibility index (Phi) is 5.33. The molecule has 5 rings (SSSR count). The quantitative estimate of drug-likeness (QED) is 0.395. The summed E-state index contributed by atoms with van der Waals surface area (Å²) in [6, 6.07) is 20.4. The number of fused-ring (bicyclic) bond motifs is 3. The van der Waals surface area contributed by atoms with E-state index in [1.54, 1.807) is 7.11 Å². The number of methoxy groups -OCH3 is 1. The number of aromatic amines is 1. The lowest BCUT2D eigenvalue weighted by Gasteiger charge is -2.36. The Morgan fingerprint density at radius 2 is 1.76 bits per heavy atom. The molecular formula is C28H29N3O2. The van der Waals surface area contributed by atoms with Crippen LogP contribution < -0.4 is 10.1 Å². The minimum absolute atomic E-state index is 0.0869. The van der Waals surface area contributed by atoms with Crippen LogP contribution in [0.5, 0.6) is 5.75 Å². The molecule has 0 radical (unpaired) electrons. The van der Waals surface area contributed by atoms with Crippen molar-refractivity contribution < 1.29 is 9.53 Å². The molecule has 0 saturated heterocycles. The van der Waals surface area contributed by atoms with Gasteiger partial charge in [-0.25, -0.2) is 4.79 Å². The molecule has 2 amide bonds. The van der Waals surface area contributed by atoms with E-state index in [9.17, 15) is 4.79 Å². The van der Waals surface area contributed by atoms with Gasteiger partial charge in [0, 0.05) is 28.8 Å². The van der Waals surface area contributed by atoms with Crippen LogP contribution in [0.3, 0.4) is 0 Å². The van der Waals surface area contributed by atoms with Gasteiger partial charge in [0.25, 0.3) is 0 Å². The number of ether oxygens (including phenoxy) is 1. The normalized spacial score (nSPS) is 15.4. The average molecular weight is 440 g/mol. The molecule has 3 aromatic carbocycles. The predicted molar refractivity (Wildman–Crippen MR) is 133 cm³/mol. The van der Waals surface area contributed by atoms with Crippen LogP contribution >= 0.6 is 0 Å². The number of H-pyrrole nitrogens is 1. The Bertz CT molecular complexity index is 1340. The van der Waals surface area contributed by atoms with Crippen molar-refractivity contribution >= 4 is 22.6 Å². The number of nitrogens with one attached hydrogen (secondary N) is 2. The molecular weight excluding hydrogens is 410 g/mol. The minimum Gasteiger partial charge on any atom is -0.497 e. The Balaban J connectivity index is 1.59. The van der Waals surface area contributed by atoms with Crippen LogP contribution in [-0.4, -0.2) is 29.6 Å². The van der Waals surface area contributed by atoms with E-state index < -0.39 is 0 Å². The molecule has 5 nitrogen and oxygen atoms in total. The van der Waals surface area contributed by atoms with Crippen molar-refractivity contribution in [3.8, 4) is 5.75 Å². The number of urea groups is 1. The highest BCUT2D eigenvalue weighted by atomic mass is 16.5. The molecule has 0 fully saturated rings. The zero-order valence-electron chi connectivity index (χ0n) is 19.5. The van der Waals surface area contributed by atoms with Gasteiger partial charge >= 0.3 is 6.03 Å². The fourth-order valence-corrected chi connectivity index (χ4v) is 4.77. The number of aryl methyl sites for hydroxylation is 3. The van der Waals surface area contributed by atoms with Crippen molar-refractivity contribution in [2.45, 2.75) is 33.2 Å². The smallest absolute Gasteiger partial charge is 0.322 e. The van der Waals surface area contributed by atoms with E-state index in [0.29, 0.717) is 6.54 Å². The molecule has 4 aromatic rings. The summed E-state index contributed by atoms with van der Waals surface area (Å²) in [5.74, 6) is 0.839. The Labute approximate surface area is 194 Å². The van der Waals surface area contributed by atoms with E-state index in [2.05, 4.69) is 59.7 Å². The second-order valence-electron chi connectivity index (χ2n) is 8.93. The first-order valence-corrected chi connectivity index (χ1v) is 11.3. The van der Waals surface area contributed by atoms with Gasteiger partial charge in [-0.2, -0.15) is 0 Å². The number of anilines is 1. The topological polar surface area (TPSA) is 57.4 Å². The first-order chi connectivity index (χ1) is 15.9. The molecule has 1 aliphatic rings. The summed E-state index contributed by atoms with van der Waals surface area (Å²) in [4.78, 5) is 19.2. The van der Waals surface area contributed by atoms with E-state index >= 15 is 0 Å². The van der Waals surface area contributed by atoms with Crippen LogP contribution in [0.4, 0.5) is 10.5 Å².